The fourth-order valence-electron chi connectivity index (χ4n) is 3.69. The van der Waals surface area contributed by atoms with Crippen molar-refractivity contribution in [3.63, 3.8) is 0 Å². The fourth-order valence-corrected chi connectivity index (χ4v) is 3.69. The van der Waals surface area contributed by atoms with Crippen LogP contribution in [0.5, 0.6) is 0 Å². The number of nitrogens with zero attached hydrogens (tertiary/aromatic N) is 1. The van der Waals surface area contributed by atoms with Crippen LogP contribution in [0.25, 0.3) is 0 Å². The number of carbonyl (C=O) groups is 1. The molecule has 1 amide bonds. The molecule has 2 aliphatic heterocycles. The molecule has 0 bridgehead atoms. The first-order valence-electron chi connectivity index (χ1n) is 8.48. The Bertz CT molecular complexity index is 677. The Labute approximate surface area is 137 Å². The second kappa shape index (κ2) is 6.17. The molecule has 23 heavy (non-hydrogen) atoms. The highest BCUT2D eigenvalue weighted by molar-refractivity contribution is 5.94. The minimum atomic E-state index is 0.134. The summed E-state index contributed by atoms with van der Waals surface area (Å²) >= 11 is 0. The Morgan fingerprint density at radius 2 is 1.70 bits per heavy atom. The molecule has 0 aromatic heterocycles. The maximum Gasteiger partial charge on any atom is 0.254 e. The minimum Gasteiger partial charge on any atom is -0.330 e. The van der Waals surface area contributed by atoms with Gasteiger partial charge in [-0.05, 0) is 54.1 Å². The zero-order valence-corrected chi connectivity index (χ0v) is 13.3. The molecule has 0 aliphatic carbocycles. The van der Waals surface area contributed by atoms with Gasteiger partial charge in [0.2, 0.25) is 0 Å². The molecule has 1 N–H and O–H groups in total. The van der Waals surface area contributed by atoms with E-state index in [1.807, 2.05) is 29.2 Å². The van der Waals surface area contributed by atoms with Crippen LogP contribution in [-0.2, 0) is 13.1 Å². The Morgan fingerprint density at radius 3 is 2.30 bits per heavy atom. The van der Waals surface area contributed by atoms with Crippen LogP contribution >= 0.6 is 0 Å². The van der Waals surface area contributed by atoms with Crippen LogP contribution in [0, 0.1) is 0 Å². The number of benzene rings is 2. The summed E-state index contributed by atoms with van der Waals surface area (Å²) in [4.78, 5) is 14.6. The molecule has 0 radical (unpaired) electrons. The molecule has 2 aliphatic rings. The standard InChI is InChI=1S/C20H22N2O/c23-20(22-13-18-4-1-2-5-19(18)14-22)16-9-7-15(8-10-16)17-6-3-11-21-12-17/h1-2,4-5,7-10,17,21H,3,6,11-14H2/t17-/m0/s1. The molecule has 0 saturated carbocycles. The number of hydrogen-bond acceptors (Lipinski definition) is 2. The fraction of sp³-hybridized carbons (Fsp3) is 0.350. The van der Waals surface area contributed by atoms with Crippen molar-refractivity contribution in [3.05, 3.63) is 70.8 Å². The van der Waals surface area contributed by atoms with Gasteiger partial charge in [-0.2, -0.15) is 0 Å². The second-order valence-corrected chi connectivity index (χ2v) is 6.60. The third kappa shape index (κ3) is 2.89. The van der Waals surface area contributed by atoms with E-state index < -0.39 is 0 Å². The Hall–Kier alpha value is -2.13. The third-order valence-electron chi connectivity index (χ3n) is 5.05. The molecule has 1 saturated heterocycles. The lowest BCUT2D eigenvalue weighted by molar-refractivity contribution is 0.0751. The van der Waals surface area contributed by atoms with Gasteiger partial charge in [-0.3, -0.25) is 4.79 Å². The zero-order valence-electron chi connectivity index (χ0n) is 13.3. The summed E-state index contributed by atoms with van der Waals surface area (Å²) in [5, 5.41) is 3.45. The highest BCUT2D eigenvalue weighted by Gasteiger charge is 2.24. The Balaban J connectivity index is 1.47. The maximum absolute atomic E-state index is 12.7. The van der Waals surface area contributed by atoms with Crippen LogP contribution in [0.2, 0.25) is 0 Å². The van der Waals surface area contributed by atoms with E-state index in [1.54, 1.807) is 0 Å². The maximum atomic E-state index is 12.7. The first-order valence-corrected chi connectivity index (χ1v) is 8.48. The van der Waals surface area contributed by atoms with Crippen molar-refractivity contribution in [1.82, 2.24) is 10.2 Å². The lowest BCUT2D eigenvalue weighted by Crippen LogP contribution is -2.28. The molecule has 3 nitrogen and oxygen atoms in total. The van der Waals surface area contributed by atoms with E-state index in [2.05, 4.69) is 29.6 Å². The van der Waals surface area contributed by atoms with E-state index in [0.29, 0.717) is 5.92 Å². The molecule has 118 valence electrons. The molecule has 3 heteroatoms. The number of piperidine rings is 1. The smallest absolute Gasteiger partial charge is 0.254 e. The molecule has 0 spiro atoms. The van der Waals surface area contributed by atoms with Gasteiger partial charge < -0.3 is 10.2 Å². The quantitative estimate of drug-likeness (QED) is 0.923. The second-order valence-electron chi connectivity index (χ2n) is 6.60. The summed E-state index contributed by atoms with van der Waals surface area (Å²) < 4.78 is 0. The number of hydrogen-bond donors (Lipinski definition) is 1. The van der Waals surface area contributed by atoms with Crippen molar-refractivity contribution in [2.45, 2.75) is 31.8 Å². The van der Waals surface area contributed by atoms with Gasteiger partial charge in [-0.1, -0.05) is 36.4 Å². The zero-order chi connectivity index (χ0) is 15.6. The van der Waals surface area contributed by atoms with E-state index in [4.69, 9.17) is 0 Å². The molecular formula is C20H22N2O. The van der Waals surface area contributed by atoms with E-state index in [0.717, 1.165) is 31.7 Å². The minimum absolute atomic E-state index is 0.134. The Kier molecular flexibility index (Phi) is 3.88. The van der Waals surface area contributed by atoms with Crippen LogP contribution in [0.4, 0.5) is 0 Å². The first kappa shape index (κ1) is 14.5. The Morgan fingerprint density at radius 1 is 1.00 bits per heavy atom. The largest absolute Gasteiger partial charge is 0.330 e. The van der Waals surface area contributed by atoms with Crippen LogP contribution in [0.1, 0.15) is 45.8 Å². The van der Waals surface area contributed by atoms with Crippen molar-refractivity contribution in [2.75, 3.05) is 13.1 Å². The summed E-state index contributed by atoms with van der Waals surface area (Å²) in [5.74, 6) is 0.721. The van der Waals surface area contributed by atoms with Crippen LogP contribution in [0.15, 0.2) is 48.5 Å². The SMILES string of the molecule is O=C(c1ccc([C@H]2CCCNC2)cc1)N1Cc2ccccc2C1. The van der Waals surface area contributed by atoms with Gasteiger partial charge >= 0.3 is 0 Å². The van der Waals surface area contributed by atoms with Crippen LogP contribution < -0.4 is 5.32 Å². The molecule has 1 atom stereocenters. The lowest BCUT2D eigenvalue weighted by Gasteiger charge is -2.23. The first-order chi connectivity index (χ1) is 11.3. The van der Waals surface area contributed by atoms with E-state index >= 15 is 0 Å². The van der Waals surface area contributed by atoms with E-state index in [-0.39, 0.29) is 5.91 Å². The van der Waals surface area contributed by atoms with Crippen LogP contribution in [0.3, 0.4) is 0 Å². The molecule has 0 unspecified atom stereocenters. The molecule has 1 fully saturated rings. The van der Waals surface area contributed by atoms with Crippen molar-refractivity contribution in [1.29, 1.82) is 0 Å². The summed E-state index contributed by atoms with van der Waals surface area (Å²) in [7, 11) is 0. The van der Waals surface area contributed by atoms with Gasteiger partial charge in [0.15, 0.2) is 0 Å². The van der Waals surface area contributed by atoms with Gasteiger partial charge in [-0.15, -0.1) is 0 Å². The van der Waals surface area contributed by atoms with Gasteiger partial charge in [0.25, 0.3) is 5.91 Å². The topological polar surface area (TPSA) is 32.3 Å². The molecule has 2 aromatic carbocycles. The molecule has 2 aromatic rings. The van der Waals surface area contributed by atoms with Gasteiger partial charge in [0.1, 0.15) is 0 Å². The van der Waals surface area contributed by atoms with Crippen molar-refractivity contribution in [3.8, 4) is 0 Å². The van der Waals surface area contributed by atoms with Crippen molar-refractivity contribution < 1.29 is 4.79 Å². The predicted molar refractivity (Wildman–Crippen MR) is 91.3 cm³/mol. The summed E-state index contributed by atoms with van der Waals surface area (Å²) in [5.41, 5.74) is 4.68. The number of nitrogens with one attached hydrogen (secondary N) is 1. The van der Waals surface area contributed by atoms with Gasteiger partial charge in [-0.25, -0.2) is 0 Å². The summed E-state index contributed by atoms with van der Waals surface area (Å²) in [6, 6.07) is 16.6. The number of carbonyl (C=O) groups excluding carboxylic acids is 1. The molecular weight excluding hydrogens is 284 g/mol. The van der Waals surface area contributed by atoms with Crippen LogP contribution in [-0.4, -0.2) is 23.9 Å². The highest BCUT2D eigenvalue weighted by atomic mass is 16.2. The van der Waals surface area contributed by atoms with Gasteiger partial charge in [0, 0.05) is 25.2 Å². The third-order valence-corrected chi connectivity index (χ3v) is 5.05. The normalized spacial score (nSPS) is 20.3. The molecule has 4 rings (SSSR count). The van der Waals surface area contributed by atoms with Gasteiger partial charge in [0.05, 0.1) is 0 Å². The average Bonchev–Trinajstić information content (AvgIpc) is 3.06. The van der Waals surface area contributed by atoms with Crippen molar-refractivity contribution >= 4 is 5.91 Å². The highest BCUT2D eigenvalue weighted by Crippen LogP contribution is 2.26. The number of amides is 1. The number of rotatable bonds is 2. The lowest BCUT2D eigenvalue weighted by atomic mass is 9.91. The summed E-state index contributed by atoms with van der Waals surface area (Å²) in [6.45, 7) is 3.63. The van der Waals surface area contributed by atoms with Crippen molar-refractivity contribution in [2.24, 2.45) is 0 Å². The predicted octanol–water partition coefficient (Wildman–Crippen LogP) is 3.31. The van der Waals surface area contributed by atoms with E-state index in [1.165, 1.54) is 29.5 Å². The average molecular weight is 306 g/mol. The summed E-state index contributed by atoms with van der Waals surface area (Å²) in [6.07, 6.45) is 2.47. The molecule has 2 heterocycles. The number of fused-ring (bicyclic) bond motifs is 1. The van der Waals surface area contributed by atoms with E-state index in [9.17, 15) is 4.79 Å². The monoisotopic (exact) mass is 306 g/mol.